The number of fused-ring (bicyclic) bond motifs is 1. The maximum absolute atomic E-state index is 8.96. The average molecular weight is 253 g/mol. The third-order valence-electron chi connectivity index (χ3n) is 3.08. The van der Waals surface area contributed by atoms with E-state index in [1.807, 2.05) is 28.8 Å². The minimum Gasteiger partial charge on any atom is -0.327 e. The van der Waals surface area contributed by atoms with Gasteiger partial charge in [-0.25, -0.2) is 4.98 Å². The molecule has 2 aromatic rings. The van der Waals surface area contributed by atoms with E-state index in [0.717, 1.165) is 16.9 Å². The summed E-state index contributed by atoms with van der Waals surface area (Å²) in [6.45, 7) is 2.29. The van der Waals surface area contributed by atoms with Gasteiger partial charge in [0.05, 0.1) is 29.6 Å². The van der Waals surface area contributed by atoms with Crippen LogP contribution in [0, 0.1) is 22.7 Å². The fraction of sp³-hybridized carbons (Fsp3) is 0.357. The number of nitrogens with zero attached hydrogens (tertiary/aromatic N) is 4. The minimum absolute atomic E-state index is 0.252. The van der Waals surface area contributed by atoms with E-state index in [9.17, 15) is 0 Å². The second-order valence-corrected chi connectivity index (χ2v) is 4.78. The van der Waals surface area contributed by atoms with E-state index in [1.165, 1.54) is 0 Å². The molecular weight excluding hydrogens is 238 g/mol. The fourth-order valence-electron chi connectivity index (χ4n) is 1.98. The van der Waals surface area contributed by atoms with Crippen LogP contribution in [0.5, 0.6) is 0 Å². The highest BCUT2D eigenvalue weighted by Crippen LogP contribution is 2.18. The zero-order valence-electron chi connectivity index (χ0n) is 10.8. The zero-order chi connectivity index (χ0) is 13.9. The van der Waals surface area contributed by atoms with E-state index in [1.54, 1.807) is 6.92 Å². The monoisotopic (exact) mass is 253 g/mol. The Hall–Kier alpha value is -2.37. The summed E-state index contributed by atoms with van der Waals surface area (Å²) in [5, 5.41) is 17.8. The Kier molecular flexibility index (Phi) is 3.50. The van der Waals surface area contributed by atoms with Crippen molar-refractivity contribution >= 4 is 11.0 Å². The van der Waals surface area contributed by atoms with Crippen LogP contribution in [0.2, 0.25) is 0 Å². The van der Waals surface area contributed by atoms with Crippen LogP contribution in [-0.2, 0) is 13.0 Å². The largest absolute Gasteiger partial charge is 0.327 e. The number of aryl methyl sites for hydroxylation is 1. The number of hydrogen-bond donors (Lipinski definition) is 1. The van der Waals surface area contributed by atoms with Gasteiger partial charge in [0, 0.05) is 6.54 Å². The van der Waals surface area contributed by atoms with Gasteiger partial charge in [-0.15, -0.1) is 0 Å². The SMILES string of the molecule is CC(N)(C#N)CCn1c(CC#N)nc2ccccc21. The van der Waals surface area contributed by atoms with Gasteiger partial charge in [0.1, 0.15) is 11.4 Å². The minimum atomic E-state index is -0.866. The number of hydrogen-bond acceptors (Lipinski definition) is 4. The lowest BCUT2D eigenvalue weighted by molar-refractivity contribution is 0.489. The Morgan fingerprint density at radius 3 is 2.79 bits per heavy atom. The molecule has 19 heavy (non-hydrogen) atoms. The number of imidazole rings is 1. The number of benzene rings is 1. The molecule has 0 spiro atoms. The number of aromatic nitrogens is 2. The van der Waals surface area contributed by atoms with Crippen molar-refractivity contribution in [1.82, 2.24) is 9.55 Å². The smallest absolute Gasteiger partial charge is 0.124 e. The van der Waals surface area contributed by atoms with Crippen LogP contribution < -0.4 is 5.73 Å². The van der Waals surface area contributed by atoms with Gasteiger partial charge in [-0.1, -0.05) is 12.1 Å². The van der Waals surface area contributed by atoms with Gasteiger partial charge in [-0.2, -0.15) is 10.5 Å². The molecule has 96 valence electrons. The van der Waals surface area contributed by atoms with E-state index >= 15 is 0 Å². The first-order chi connectivity index (χ1) is 9.07. The van der Waals surface area contributed by atoms with E-state index in [-0.39, 0.29) is 6.42 Å². The summed E-state index contributed by atoms with van der Waals surface area (Å²) >= 11 is 0. The topological polar surface area (TPSA) is 91.4 Å². The Morgan fingerprint density at radius 2 is 2.11 bits per heavy atom. The molecule has 0 saturated carbocycles. The van der Waals surface area contributed by atoms with Crippen molar-refractivity contribution in [2.45, 2.75) is 31.8 Å². The summed E-state index contributed by atoms with van der Waals surface area (Å²) in [6, 6.07) is 11.9. The molecule has 0 aliphatic heterocycles. The Bertz CT molecular complexity index is 669. The molecule has 0 saturated heterocycles. The normalized spacial score (nSPS) is 13.7. The van der Waals surface area contributed by atoms with Crippen LogP contribution >= 0.6 is 0 Å². The molecule has 2 N–H and O–H groups in total. The van der Waals surface area contributed by atoms with Gasteiger partial charge in [0.15, 0.2) is 0 Å². The second-order valence-electron chi connectivity index (χ2n) is 4.78. The predicted octanol–water partition coefficient (Wildman–Crippen LogP) is 1.73. The summed E-state index contributed by atoms with van der Waals surface area (Å²) in [4.78, 5) is 4.45. The van der Waals surface area contributed by atoms with Gasteiger partial charge < -0.3 is 10.3 Å². The Balaban J connectivity index is 2.38. The first-order valence-electron chi connectivity index (χ1n) is 6.08. The molecule has 1 aromatic heterocycles. The van der Waals surface area contributed by atoms with Gasteiger partial charge in [-0.3, -0.25) is 0 Å². The maximum atomic E-state index is 8.96. The molecule has 5 nitrogen and oxygen atoms in total. The summed E-state index contributed by atoms with van der Waals surface area (Å²) in [5.74, 6) is 0.720. The number of nitriles is 2. The van der Waals surface area contributed by atoms with Crippen molar-refractivity contribution in [3.05, 3.63) is 30.1 Å². The van der Waals surface area contributed by atoms with E-state index in [4.69, 9.17) is 16.3 Å². The van der Waals surface area contributed by atoms with Gasteiger partial charge in [-0.05, 0) is 25.5 Å². The molecule has 0 fully saturated rings. The maximum Gasteiger partial charge on any atom is 0.124 e. The summed E-state index contributed by atoms with van der Waals surface area (Å²) < 4.78 is 1.97. The fourth-order valence-corrected chi connectivity index (χ4v) is 1.98. The van der Waals surface area contributed by atoms with Gasteiger partial charge in [0.2, 0.25) is 0 Å². The van der Waals surface area contributed by atoms with Crippen molar-refractivity contribution < 1.29 is 0 Å². The molecule has 1 atom stereocenters. The zero-order valence-corrected chi connectivity index (χ0v) is 10.8. The number of nitrogens with two attached hydrogens (primary N) is 1. The lowest BCUT2D eigenvalue weighted by Crippen LogP contribution is -2.35. The van der Waals surface area contributed by atoms with E-state index in [0.29, 0.717) is 13.0 Å². The van der Waals surface area contributed by atoms with E-state index < -0.39 is 5.54 Å². The molecule has 0 aliphatic carbocycles. The number of rotatable bonds is 4. The highest BCUT2D eigenvalue weighted by molar-refractivity contribution is 5.75. The highest BCUT2D eigenvalue weighted by atomic mass is 15.1. The summed E-state index contributed by atoms with van der Waals surface area (Å²) in [7, 11) is 0. The molecule has 1 aromatic carbocycles. The van der Waals surface area contributed by atoms with Crippen molar-refractivity contribution in [3.63, 3.8) is 0 Å². The van der Waals surface area contributed by atoms with Crippen LogP contribution in [0.1, 0.15) is 19.2 Å². The molecule has 0 amide bonds. The van der Waals surface area contributed by atoms with Crippen LogP contribution in [0.3, 0.4) is 0 Å². The molecular formula is C14H15N5. The molecule has 2 rings (SSSR count). The molecule has 0 aliphatic rings. The van der Waals surface area contributed by atoms with Crippen molar-refractivity contribution in [3.8, 4) is 12.1 Å². The molecule has 0 bridgehead atoms. The van der Waals surface area contributed by atoms with Crippen LogP contribution in [0.25, 0.3) is 11.0 Å². The van der Waals surface area contributed by atoms with Crippen molar-refractivity contribution in [2.24, 2.45) is 5.73 Å². The van der Waals surface area contributed by atoms with Gasteiger partial charge >= 0.3 is 0 Å². The third-order valence-corrected chi connectivity index (χ3v) is 3.08. The van der Waals surface area contributed by atoms with Crippen molar-refractivity contribution in [2.75, 3.05) is 0 Å². The molecule has 1 unspecified atom stereocenters. The Labute approximate surface area is 111 Å². The lowest BCUT2D eigenvalue weighted by Gasteiger charge is -2.16. The van der Waals surface area contributed by atoms with Crippen molar-refractivity contribution in [1.29, 1.82) is 10.5 Å². The lowest BCUT2D eigenvalue weighted by atomic mass is 10.0. The predicted molar refractivity (Wildman–Crippen MR) is 71.9 cm³/mol. The first kappa shape index (κ1) is 13.1. The van der Waals surface area contributed by atoms with Crippen LogP contribution in [-0.4, -0.2) is 15.1 Å². The van der Waals surface area contributed by atoms with Gasteiger partial charge in [0.25, 0.3) is 0 Å². The number of para-hydroxylation sites is 2. The molecule has 1 heterocycles. The quantitative estimate of drug-likeness (QED) is 0.898. The Morgan fingerprint density at radius 1 is 1.37 bits per heavy atom. The first-order valence-corrected chi connectivity index (χ1v) is 6.08. The molecule has 0 radical (unpaired) electrons. The van der Waals surface area contributed by atoms with Crippen LogP contribution in [0.15, 0.2) is 24.3 Å². The highest BCUT2D eigenvalue weighted by Gasteiger charge is 2.19. The standard InChI is InChI=1S/C14H15N5/c1-14(17,10-16)7-9-19-12-5-3-2-4-11(12)18-13(19)6-8-15/h2-5H,6-7,9,17H2,1H3. The molecule has 5 heteroatoms. The van der Waals surface area contributed by atoms with Crippen LogP contribution in [0.4, 0.5) is 0 Å². The average Bonchev–Trinajstić information content (AvgIpc) is 2.74. The van der Waals surface area contributed by atoms with E-state index in [2.05, 4.69) is 17.1 Å². The summed E-state index contributed by atoms with van der Waals surface area (Å²) in [5.41, 5.74) is 6.81. The third kappa shape index (κ3) is 2.73. The second kappa shape index (κ2) is 5.09. The summed E-state index contributed by atoms with van der Waals surface area (Å²) in [6.07, 6.45) is 0.769.